The quantitative estimate of drug-likeness (QED) is 0.0918. The first-order valence-corrected chi connectivity index (χ1v) is 15.0. The minimum absolute atomic E-state index is 0.0217. The number of amides is 2. The van der Waals surface area contributed by atoms with E-state index in [0.717, 1.165) is 11.1 Å². The van der Waals surface area contributed by atoms with Crippen molar-refractivity contribution in [1.82, 2.24) is 4.90 Å². The molecule has 4 rings (SSSR count). The molecule has 1 aliphatic heterocycles. The van der Waals surface area contributed by atoms with E-state index in [2.05, 4.69) is 0 Å². The van der Waals surface area contributed by atoms with Gasteiger partial charge in [0, 0.05) is 18.9 Å². The molecule has 1 fully saturated rings. The molecule has 1 aliphatic carbocycles. The maximum Gasteiger partial charge on any atom is 0.303 e. The number of aromatic hydroxyl groups is 1. The lowest BCUT2D eigenvalue weighted by atomic mass is 9.68. The van der Waals surface area contributed by atoms with Gasteiger partial charge in [0.05, 0.1) is 36.2 Å². The van der Waals surface area contributed by atoms with Gasteiger partial charge in [-0.1, -0.05) is 48.4 Å². The van der Waals surface area contributed by atoms with E-state index in [-0.39, 0.29) is 37.5 Å². The van der Waals surface area contributed by atoms with Crippen LogP contribution in [-0.2, 0) is 14.4 Å². The number of rotatable bonds is 14. The Morgan fingerprint density at radius 1 is 1.02 bits per heavy atom. The molecule has 2 aromatic carbocycles. The van der Waals surface area contributed by atoms with Crippen LogP contribution in [0.3, 0.4) is 0 Å². The zero-order chi connectivity index (χ0) is 31.1. The number of nitrogens with zero attached hydrogens (tertiary/aromatic N) is 1. The fourth-order valence-electron chi connectivity index (χ4n) is 6.33. The van der Waals surface area contributed by atoms with E-state index in [1.807, 2.05) is 36.4 Å². The third-order valence-electron chi connectivity index (χ3n) is 8.44. The number of carboxylic acids is 1. The van der Waals surface area contributed by atoms with Crippen LogP contribution in [0.4, 0.5) is 0 Å². The molecule has 1 heterocycles. The van der Waals surface area contributed by atoms with Crippen LogP contribution < -0.4 is 0 Å². The molecular weight excluding hydrogens is 574 g/mol. The summed E-state index contributed by atoms with van der Waals surface area (Å²) in [6.07, 6.45) is 3.03. The largest absolute Gasteiger partial charge is 0.508 e. The molecule has 5 N–H and O–H groups in total. The Morgan fingerprint density at radius 3 is 2.42 bits per heavy atom. The molecule has 0 bridgehead atoms. The number of benzene rings is 2. The topological polar surface area (TPSA) is 156 Å². The number of hydrogen-bond acceptors (Lipinski definition) is 7. The Hall–Kier alpha value is -3.50. The number of phenolic OH excluding ortho intramolecular Hbond substituents is 1. The Morgan fingerprint density at radius 2 is 1.77 bits per heavy atom. The summed E-state index contributed by atoms with van der Waals surface area (Å²) >= 11 is 6.37. The number of hydrogen-bond donors (Lipinski definition) is 5. The maximum absolute atomic E-state index is 13.5. The summed E-state index contributed by atoms with van der Waals surface area (Å²) in [5, 5.41) is 51.1. The highest BCUT2D eigenvalue weighted by atomic mass is 35.5. The summed E-state index contributed by atoms with van der Waals surface area (Å²) in [6, 6.07) is 14.3. The molecule has 2 aromatic rings. The van der Waals surface area contributed by atoms with Gasteiger partial charge < -0.3 is 25.5 Å². The second-order valence-corrected chi connectivity index (χ2v) is 11.6. The van der Waals surface area contributed by atoms with Crippen molar-refractivity contribution in [3.8, 4) is 5.75 Å². The van der Waals surface area contributed by atoms with Gasteiger partial charge in [0.1, 0.15) is 5.75 Å². The number of likely N-dealkylation sites (tertiary alicyclic amines) is 1. The lowest BCUT2D eigenvalue weighted by Gasteiger charge is -2.36. The van der Waals surface area contributed by atoms with Gasteiger partial charge in [0.2, 0.25) is 11.8 Å². The average Bonchev–Trinajstić information content (AvgIpc) is 3.23. The van der Waals surface area contributed by atoms with E-state index >= 15 is 0 Å². The van der Waals surface area contributed by atoms with Crippen molar-refractivity contribution in [2.75, 3.05) is 19.8 Å². The van der Waals surface area contributed by atoms with Crippen LogP contribution in [0.25, 0.3) is 11.6 Å². The number of aliphatic hydroxyl groups is 3. The highest BCUT2D eigenvalue weighted by Crippen LogP contribution is 2.46. The van der Waals surface area contributed by atoms with Gasteiger partial charge in [0.15, 0.2) is 0 Å². The van der Waals surface area contributed by atoms with Crippen LogP contribution in [0.1, 0.15) is 56.1 Å². The average molecular weight is 612 g/mol. The molecule has 230 valence electrons. The van der Waals surface area contributed by atoms with Crippen LogP contribution >= 0.6 is 11.6 Å². The van der Waals surface area contributed by atoms with Gasteiger partial charge in [-0.2, -0.15) is 0 Å². The lowest BCUT2D eigenvalue weighted by Crippen LogP contribution is -2.39. The normalized spacial score (nSPS) is 21.3. The van der Waals surface area contributed by atoms with Gasteiger partial charge in [-0.3, -0.25) is 19.3 Å². The fraction of sp³-hybridized carbons (Fsp3) is 0.424. The first kappa shape index (κ1) is 32.4. The number of unbranched alkanes of at least 4 members (excludes halogenated alkanes) is 2. The van der Waals surface area contributed by atoms with Crippen molar-refractivity contribution in [2.45, 2.75) is 51.0 Å². The molecule has 0 spiro atoms. The van der Waals surface area contributed by atoms with Gasteiger partial charge in [-0.05, 0) is 84.2 Å². The second kappa shape index (κ2) is 14.8. The Labute approximate surface area is 255 Å². The number of carbonyl (C=O) groups excluding carboxylic acids is 2. The molecule has 43 heavy (non-hydrogen) atoms. The number of halogens is 1. The standard InChI is InChI=1S/C33H38ClNO8/c34-27-17-24(38)12-10-22(27)15-21(20-7-3-1-4-8-20)11-13-28(39)30-23(18-36)16-25-31(26(30)19-37)33(43)35(32(25)42)14-6-2-5-9-29(40)41/h1,3-4,7-8,10,12,15,17,25-26,28,31,36-39H,2,5-6,9,11,13-14,16,18-19H2,(H,40,41)/b21-15-/t25-,26+,28-,31-/m1/s1. The number of aliphatic hydroxyl groups excluding tert-OH is 3. The molecule has 0 saturated carbocycles. The number of imide groups is 1. The predicted molar refractivity (Wildman–Crippen MR) is 162 cm³/mol. The maximum atomic E-state index is 13.5. The molecule has 4 atom stereocenters. The van der Waals surface area contributed by atoms with Crippen molar-refractivity contribution in [3.05, 3.63) is 75.8 Å². The Kier molecular flexibility index (Phi) is 11.2. The van der Waals surface area contributed by atoms with E-state index in [1.54, 1.807) is 6.07 Å². The summed E-state index contributed by atoms with van der Waals surface area (Å²) < 4.78 is 0. The van der Waals surface area contributed by atoms with E-state index in [1.165, 1.54) is 17.0 Å². The zero-order valence-electron chi connectivity index (χ0n) is 23.9. The van der Waals surface area contributed by atoms with Crippen molar-refractivity contribution >= 4 is 41.0 Å². The number of carbonyl (C=O) groups is 3. The van der Waals surface area contributed by atoms with E-state index in [0.29, 0.717) is 47.4 Å². The SMILES string of the molecule is O=C(O)CCCCCN1C(=O)[C@@H]2[C@@H](CC(CO)=C([C@H](O)CC/C(=C/c3ccc(O)cc3Cl)c3ccccc3)[C@@H]2CO)C1=O. The number of fused-ring (bicyclic) bond motifs is 1. The van der Waals surface area contributed by atoms with Gasteiger partial charge in [0.25, 0.3) is 0 Å². The van der Waals surface area contributed by atoms with Crippen molar-refractivity contribution in [1.29, 1.82) is 0 Å². The molecule has 2 aliphatic rings. The smallest absolute Gasteiger partial charge is 0.303 e. The third kappa shape index (κ3) is 7.54. The molecule has 0 radical (unpaired) electrons. The molecule has 0 aromatic heterocycles. The highest BCUT2D eigenvalue weighted by molar-refractivity contribution is 6.32. The molecule has 10 heteroatoms. The van der Waals surface area contributed by atoms with Crippen LogP contribution in [0.15, 0.2) is 59.7 Å². The molecular formula is C33H38ClNO8. The fourth-order valence-corrected chi connectivity index (χ4v) is 6.56. The number of carboxylic acid groups (broad SMARTS) is 1. The van der Waals surface area contributed by atoms with Gasteiger partial charge >= 0.3 is 5.97 Å². The zero-order valence-corrected chi connectivity index (χ0v) is 24.6. The molecule has 9 nitrogen and oxygen atoms in total. The highest BCUT2D eigenvalue weighted by Gasteiger charge is 2.54. The third-order valence-corrected chi connectivity index (χ3v) is 8.77. The van der Waals surface area contributed by atoms with Crippen LogP contribution in [0.5, 0.6) is 5.75 Å². The molecule has 1 saturated heterocycles. The number of aliphatic carboxylic acids is 1. The van der Waals surface area contributed by atoms with E-state index in [9.17, 15) is 34.8 Å². The van der Waals surface area contributed by atoms with Crippen LogP contribution in [0, 0.1) is 17.8 Å². The predicted octanol–water partition coefficient (Wildman–Crippen LogP) is 4.27. The number of allylic oxidation sites excluding steroid dienone is 1. The van der Waals surface area contributed by atoms with Crippen LogP contribution in [0.2, 0.25) is 5.02 Å². The van der Waals surface area contributed by atoms with Gasteiger partial charge in [-0.15, -0.1) is 0 Å². The second-order valence-electron chi connectivity index (χ2n) is 11.2. The molecule has 0 unspecified atom stereocenters. The Balaban J connectivity index is 1.54. The first-order valence-electron chi connectivity index (χ1n) is 14.6. The summed E-state index contributed by atoms with van der Waals surface area (Å²) in [7, 11) is 0. The van der Waals surface area contributed by atoms with Crippen molar-refractivity contribution in [2.24, 2.45) is 17.8 Å². The van der Waals surface area contributed by atoms with Crippen molar-refractivity contribution in [3.63, 3.8) is 0 Å². The summed E-state index contributed by atoms with van der Waals surface area (Å²) in [4.78, 5) is 38.7. The van der Waals surface area contributed by atoms with E-state index < -0.39 is 48.9 Å². The summed E-state index contributed by atoms with van der Waals surface area (Å²) in [5.41, 5.74) is 3.34. The van der Waals surface area contributed by atoms with E-state index in [4.69, 9.17) is 16.7 Å². The lowest BCUT2D eigenvalue weighted by molar-refractivity contribution is -0.141. The first-order chi connectivity index (χ1) is 20.7. The monoisotopic (exact) mass is 611 g/mol. The van der Waals surface area contributed by atoms with Crippen LogP contribution in [-0.4, -0.2) is 74.1 Å². The van der Waals surface area contributed by atoms with Gasteiger partial charge in [-0.25, -0.2) is 0 Å². The number of phenols is 1. The van der Waals surface area contributed by atoms with Crippen molar-refractivity contribution < 1.29 is 39.9 Å². The minimum atomic E-state index is -1.09. The summed E-state index contributed by atoms with van der Waals surface area (Å²) in [5.74, 6) is -3.99. The minimum Gasteiger partial charge on any atom is -0.508 e. The summed E-state index contributed by atoms with van der Waals surface area (Å²) in [6.45, 7) is -0.708. The Bertz CT molecular complexity index is 1390. The molecule has 2 amide bonds.